The molecule has 0 aliphatic rings. The van der Waals surface area contributed by atoms with E-state index in [9.17, 15) is 14.0 Å². The molecule has 0 aliphatic heterocycles. The lowest BCUT2D eigenvalue weighted by molar-refractivity contribution is -0.138. The minimum atomic E-state index is -1.12. The number of halogens is 1. The quantitative estimate of drug-likeness (QED) is 0.784. The average molecular weight is 211 g/mol. The number of benzene rings is 1. The number of nitrogens with one attached hydrogen (secondary N) is 1. The fraction of sp³-hybridized carbons (Fsp3) is 0.200. The maximum Gasteiger partial charge on any atom is 0.325 e. The molecule has 0 unspecified atom stereocenters. The zero-order valence-corrected chi connectivity index (χ0v) is 8.03. The molecule has 80 valence electrons. The van der Waals surface area contributed by atoms with Gasteiger partial charge < -0.3 is 10.4 Å². The summed E-state index contributed by atoms with van der Waals surface area (Å²) in [6.45, 7) is 1.35. The van der Waals surface area contributed by atoms with E-state index in [4.69, 9.17) is 5.11 Å². The van der Waals surface area contributed by atoms with Crippen LogP contribution in [-0.4, -0.2) is 23.0 Å². The van der Waals surface area contributed by atoms with E-state index in [0.717, 1.165) is 12.1 Å². The van der Waals surface area contributed by atoms with Crippen LogP contribution in [0.2, 0.25) is 0 Å². The number of hydrogen-bond acceptors (Lipinski definition) is 2. The van der Waals surface area contributed by atoms with Crippen molar-refractivity contribution in [3.8, 4) is 0 Å². The van der Waals surface area contributed by atoms with Gasteiger partial charge in [0.2, 0.25) is 0 Å². The maximum atomic E-state index is 12.5. The van der Waals surface area contributed by atoms with Crippen LogP contribution in [0.15, 0.2) is 24.3 Å². The monoisotopic (exact) mass is 211 g/mol. The molecule has 0 aliphatic carbocycles. The van der Waals surface area contributed by atoms with Crippen LogP contribution >= 0.6 is 0 Å². The summed E-state index contributed by atoms with van der Waals surface area (Å²) < 4.78 is 12.5. The number of rotatable bonds is 3. The number of hydrogen-bond donors (Lipinski definition) is 2. The third-order valence-electron chi connectivity index (χ3n) is 1.82. The molecule has 5 heteroatoms. The molecule has 0 saturated heterocycles. The lowest BCUT2D eigenvalue weighted by atomic mass is 10.2. The van der Waals surface area contributed by atoms with E-state index in [-0.39, 0.29) is 5.56 Å². The smallest absolute Gasteiger partial charge is 0.325 e. The highest BCUT2D eigenvalue weighted by atomic mass is 19.1. The van der Waals surface area contributed by atoms with Gasteiger partial charge in [-0.25, -0.2) is 4.39 Å². The van der Waals surface area contributed by atoms with Crippen LogP contribution in [0.3, 0.4) is 0 Å². The van der Waals surface area contributed by atoms with Gasteiger partial charge in [0, 0.05) is 5.56 Å². The second kappa shape index (κ2) is 4.54. The average Bonchev–Trinajstić information content (AvgIpc) is 2.18. The first-order chi connectivity index (χ1) is 7.00. The molecule has 0 fully saturated rings. The summed E-state index contributed by atoms with van der Waals surface area (Å²) in [5.41, 5.74) is 0.226. The largest absolute Gasteiger partial charge is 0.480 e. The van der Waals surface area contributed by atoms with Crippen LogP contribution in [0.25, 0.3) is 0 Å². The molecule has 0 heterocycles. The van der Waals surface area contributed by atoms with Gasteiger partial charge in [-0.2, -0.15) is 0 Å². The van der Waals surface area contributed by atoms with Gasteiger partial charge in [0.15, 0.2) is 0 Å². The molecule has 4 nitrogen and oxygen atoms in total. The SMILES string of the molecule is C[C@@H](NC(=O)c1ccc(F)cc1)C(=O)O. The van der Waals surface area contributed by atoms with Crippen LogP contribution in [0, 0.1) is 5.82 Å². The summed E-state index contributed by atoms with van der Waals surface area (Å²) >= 11 is 0. The zero-order chi connectivity index (χ0) is 11.4. The Balaban J connectivity index is 2.69. The molecule has 2 N–H and O–H groups in total. The Labute approximate surface area is 85.7 Å². The zero-order valence-electron chi connectivity index (χ0n) is 8.03. The highest BCUT2D eigenvalue weighted by molar-refractivity contribution is 5.96. The van der Waals surface area contributed by atoms with E-state index in [1.165, 1.54) is 19.1 Å². The molecule has 1 atom stereocenters. The van der Waals surface area contributed by atoms with Crippen molar-refractivity contribution in [2.75, 3.05) is 0 Å². The number of carboxylic acids is 1. The lowest BCUT2D eigenvalue weighted by Gasteiger charge is -2.08. The Morgan fingerprint density at radius 1 is 1.33 bits per heavy atom. The van der Waals surface area contributed by atoms with Crippen molar-refractivity contribution in [1.29, 1.82) is 0 Å². The molecular formula is C10H10FNO3. The molecular weight excluding hydrogens is 201 g/mol. The van der Waals surface area contributed by atoms with E-state index >= 15 is 0 Å². The first-order valence-corrected chi connectivity index (χ1v) is 4.30. The molecule has 0 spiro atoms. The number of amides is 1. The summed E-state index contributed by atoms with van der Waals surface area (Å²) in [5.74, 6) is -2.10. The van der Waals surface area contributed by atoms with E-state index in [1.54, 1.807) is 0 Å². The molecule has 15 heavy (non-hydrogen) atoms. The van der Waals surface area contributed by atoms with Gasteiger partial charge in [-0.1, -0.05) is 0 Å². The molecule has 0 saturated carbocycles. The van der Waals surface area contributed by atoms with Crippen LogP contribution in [0.1, 0.15) is 17.3 Å². The molecule has 1 aromatic rings. The predicted octanol–water partition coefficient (Wildman–Crippen LogP) is 1.03. The maximum absolute atomic E-state index is 12.5. The fourth-order valence-electron chi connectivity index (χ4n) is 0.943. The Hall–Kier alpha value is -1.91. The summed E-state index contributed by atoms with van der Waals surface area (Å²) in [4.78, 5) is 21.8. The minimum Gasteiger partial charge on any atom is -0.480 e. The van der Waals surface area contributed by atoms with E-state index < -0.39 is 23.7 Å². The first-order valence-electron chi connectivity index (χ1n) is 4.30. The topological polar surface area (TPSA) is 66.4 Å². The Kier molecular flexibility index (Phi) is 3.38. The Bertz CT molecular complexity index is 375. The van der Waals surface area contributed by atoms with Crippen molar-refractivity contribution >= 4 is 11.9 Å². The van der Waals surface area contributed by atoms with Gasteiger partial charge in [-0.05, 0) is 31.2 Å². The van der Waals surface area contributed by atoms with Gasteiger partial charge >= 0.3 is 5.97 Å². The molecule has 0 bridgehead atoms. The van der Waals surface area contributed by atoms with Crippen LogP contribution in [-0.2, 0) is 4.79 Å². The summed E-state index contributed by atoms with van der Waals surface area (Å²) in [5, 5.41) is 10.8. The number of carboxylic acid groups (broad SMARTS) is 1. The summed E-state index contributed by atoms with van der Waals surface area (Å²) in [6, 6.07) is 3.89. The lowest BCUT2D eigenvalue weighted by Crippen LogP contribution is -2.38. The summed E-state index contributed by atoms with van der Waals surface area (Å²) in [6.07, 6.45) is 0. The van der Waals surface area contributed by atoms with Crippen LogP contribution in [0.4, 0.5) is 4.39 Å². The van der Waals surface area contributed by atoms with E-state index in [1.807, 2.05) is 0 Å². The minimum absolute atomic E-state index is 0.226. The molecule has 1 amide bonds. The van der Waals surface area contributed by atoms with Gasteiger partial charge in [-0.3, -0.25) is 9.59 Å². The van der Waals surface area contributed by atoms with E-state index in [2.05, 4.69) is 5.32 Å². The highest BCUT2D eigenvalue weighted by Gasteiger charge is 2.14. The van der Waals surface area contributed by atoms with Crippen molar-refractivity contribution < 1.29 is 19.1 Å². The standard InChI is InChI=1S/C10H10FNO3/c1-6(10(14)15)12-9(13)7-2-4-8(11)5-3-7/h2-6H,1H3,(H,12,13)(H,14,15)/t6-/m1/s1. The van der Waals surface area contributed by atoms with Crippen LogP contribution < -0.4 is 5.32 Å². The molecule has 0 aromatic heterocycles. The van der Waals surface area contributed by atoms with Crippen molar-refractivity contribution in [2.45, 2.75) is 13.0 Å². The number of carbonyl (C=O) groups is 2. The predicted molar refractivity (Wildman–Crippen MR) is 51.0 cm³/mol. The first kappa shape index (κ1) is 11.2. The number of aliphatic carboxylic acids is 1. The second-order valence-corrected chi connectivity index (χ2v) is 3.04. The van der Waals surface area contributed by atoms with E-state index in [0.29, 0.717) is 0 Å². The molecule has 0 radical (unpaired) electrons. The summed E-state index contributed by atoms with van der Waals surface area (Å²) in [7, 11) is 0. The third-order valence-corrected chi connectivity index (χ3v) is 1.82. The fourth-order valence-corrected chi connectivity index (χ4v) is 0.943. The van der Waals surface area contributed by atoms with Crippen molar-refractivity contribution in [3.63, 3.8) is 0 Å². The van der Waals surface area contributed by atoms with Gasteiger partial charge in [0.05, 0.1) is 0 Å². The van der Waals surface area contributed by atoms with Crippen LogP contribution in [0.5, 0.6) is 0 Å². The van der Waals surface area contributed by atoms with Gasteiger partial charge in [0.1, 0.15) is 11.9 Å². The third kappa shape index (κ3) is 3.05. The van der Waals surface area contributed by atoms with Crippen molar-refractivity contribution in [2.24, 2.45) is 0 Å². The van der Waals surface area contributed by atoms with Crippen molar-refractivity contribution in [1.82, 2.24) is 5.32 Å². The Morgan fingerprint density at radius 2 is 1.87 bits per heavy atom. The Morgan fingerprint density at radius 3 is 2.33 bits per heavy atom. The van der Waals surface area contributed by atoms with Gasteiger partial charge in [-0.15, -0.1) is 0 Å². The molecule has 1 rings (SSSR count). The highest BCUT2D eigenvalue weighted by Crippen LogP contribution is 2.02. The van der Waals surface area contributed by atoms with Gasteiger partial charge in [0.25, 0.3) is 5.91 Å². The second-order valence-electron chi connectivity index (χ2n) is 3.04. The van der Waals surface area contributed by atoms with Crippen molar-refractivity contribution in [3.05, 3.63) is 35.6 Å². The molecule has 1 aromatic carbocycles. The normalized spacial score (nSPS) is 11.9. The number of carbonyl (C=O) groups excluding carboxylic acids is 1.